The number of aromatic nitrogens is 2. The van der Waals surface area contributed by atoms with Crippen molar-refractivity contribution >= 4 is 35.4 Å². The minimum absolute atomic E-state index is 0.0417. The molecular weight excluding hydrogens is 412 g/mol. The van der Waals surface area contributed by atoms with Crippen LogP contribution in [0, 0.1) is 5.41 Å². The number of hydrogen-bond acceptors (Lipinski definition) is 6. The second-order valence-corrected chi connectivity index (χ2v) is 9.25. The highest BCUT2D eigenvalue weighted by Gasteiger charge is 2.23. The zero-order valence-corrected chi connectivity index (χ0v) is 19.6. The van der Waals surface area contributed by atoms with Gasteiger partial charge in [-0.3, -0.25) is 4.79 Å². The topological polar surface area (TPSA) is 96.1 Å². The summed E-state index contributed by atoms with van der Waals surface area (Å²) in [6.45, 7) is 6.88. The van der Waals surface area contributed by atoms with Gasteiger partial charge in [0.05, 0.1) is 25.7 Å². The molecule has 0 aliphatic rings. The van der Waals surface area contributed by atoms with E-state index >= 15 is 0 Å². The fourth-order valence-corrected chi connectivity index (χ4v) is 3.27. The van der Waals surface area contributed by atoms with Crippen molar-refractivity contribution in [3.05, 3.63) is 53.6 Å². The van der Waals surface area contributed by atoms with Crippen LogP contribution in [0.5, 0.6) is 0 Å². The van der Waals surface area contributed by atoms with Crippen molar-refractivity contribution in [2.75, 3.05) is 24.4 Å². The average Bonchev–Trinajstić information content (AvgIpc) is 3.26. The number of nitrogens with one attached hydrogen (secondary N) is 3. The van der Waals surface area contributed by atoms with Gasteiger partial charge in [-0.25, -0.2) is 9.78 Å². The quantitative estimate of drug-likeness (QED) is 0.478. The molecule has 1 aromatic heterocycles. The van der Waals surface area contributed by atoms with Crippen molar-refractivity contribution < 1.29 is 14.3 Å². The lowest BCUT2D eigenvalue weighted by atomic mass is 9.94. The monoisotopic (exact) mass is 444 g/mol. The Morgan fingerprint density at radius 1 is 1.32 bits per heavy atom. The summed E-state index contributed by atoms with van der Waals surface area (Å²) < 4.78 is 4.86. The summed E-state index contributed by atoms with van der Waals surface area (Å²) in [4.78, 5) is 32.2. The van der Waals surface area contributed by atoms with Crippen molar-refractivity contribution in [1.29, 1.82) is 0 Å². The summed E-state index contributed by atoms with van der Waals surface area (Å²) >= 11 is 1.62. The van der Waals surface area contributed by atoms with Crippen molar-refractivity contribution in [3.8, 4) is 0 Å². The minimum Gasteiger partial charge on any atom is -0.467 e. The number of benzene rings is 1. The molecule has 0 fully saturated rings. The molecule has 0 spiro atoms. The number of thioether (sulfide) groups is 1. The zero-order valence-electron chi connectivity index (χ0n) is 18.8. The normalized spacial score (nSPS) is 12.5. The summed E-state index contributed by atoms with van der Waals surface area (Å²) in [6.07, 6.45) is 9.87. The van der Waals surface area contributed by atoms with Gasteiger partial charge in [-0.05, 0) is 47.6 Å². The van der Waals surface area contributed by atoms with Gasteiger partial charge in [0.15, 0.2) is 0 Å². The predicted octanol–water partition coefficient (Wildman–Crippen LogP) is 4.11. The Kier molecular flexibility index (Phi) is 9.18. The number of amides is 1. The van der Waals surface area contributed by atoms with Crippen LogP contribution >= 0.6 is 11.8 Å². The Bertz CT molecular complexity index is 889. The van der Waals surface area contributed by atoms with E-state index in [1.54, 1.807) is 30.4 Å². The number of aromatic amines is 1. The van der Waals surface area contributed by atoms with Crippen molar-refractivity contribution in [3.63, 3.8) is 0 Å². The number of imidazole rings is 1. The summed E-state index contributed by atoms with van der Waals surface area (Å²) in [5, 5.41) is 6.17. The standard InChI is InChI=1S/C23H32N4O3S/c1-23(2,3)10-8-16-12-17(25-14-18-13-24-15-26-18)6-7-19(16)21(28)27-20(9-11-31-5)22(29)30-4/h6-8,10,12-13,15,20,25H,9,11,14H2,1-5H3,(H,24,26)(H,27,28)/b10-8-. The molecule has 1 amide bonds. The Labute approximate surface area is 188 Å². The highest BCUT2D eigenvalue weighted by Crippen LogP contribution is 2.22. The lowest BCUT2D eigenvalue weighted by molar-refractivity contribution is -0.142. The first kappa shape index (κ1) is 24.5. The third-order valence-corrected chi connectivity index (χ3v) is 5.14. The van der Waals surface area contributed by atoms with Gasteiger partial charge in [-0.15, -0.1) is 0 Å². The Morgan fingerprint density at radius 2 is 2.10 bits per heavy atom. The molecule has 168 valence electrons. The summed E-state index contributed by atoms with van der Waals surface area (Å²) in [5.41, 5.74) is 3.08. The van der Waals surface area contributed by atoms with Gasteiger partial charge in [0.2, 0.25) is 0 Å². The second kappa shape index (κ2) is 11.6. The van der Waals surface area contributed by atoms with Gasteiger partial charge >= 0.3 is 5.97 Å². The number of hydrogen-bond donors (Lipinski definition) is 3. The summed E-state index contributed by atoms with van der Waals surface area (Å²) in [6, 6.07) is 4.88. The first-order chi connectivity index (χ1) is 14.7. The molecule has 2 rings (SSSR count). The smallest absolute Gasteiger partial charge is 0.328 e. The van der Waals surface area contributed by atoms with Crippen LogP contribution in [0.15, 0.2) is 36.8 Å². The fourth-order valence-electron chi connectivity index (χ4n) is 2.80. The van der Waals surface area contributed by atoms with Crippen LogP contribution in [-0.2, 0) is 16.1 Å². The van der Waals surface area contributed by atoms with Crippen LogP contribution < -0.4 is 10.6 Å². The Balaban J connectivity index is 2.26. The number of H-pyrrole nitrogens is 1. The van der Waals surface area contributed by atoms with Gasteiger partial charge in [-0.2, -0.15) is 11.8 Å². The highest BCUT2D eigenvalue weighted by atomic mass is 32.2. The molecule has 3 N–H and O–H groups in total. The molecule has 0 radical (unpaired) electrons. The number of carbonyl (C=O) groups is 2. The fraction of sp³-hybridized carbons (Fsp3) is 0.435. The van der Waals surface area contributed by atoms with E-state index in [1.807, 2.05) is 24.5 Å². The maximum Gasteiger partial charge on any atom is 0.328 e. The number of methoxy groups -OCH3 is 1. The van der Waals surface area contributed by atoms with Gasteiger partial charge in [0, 0.05) is 17.4 Å². The average molecular weight is 445 g/mol. The molecular formula is C23H32N4O3S. The molecule has 31 heavy (non-hydrogen) atoms. The number of esters is 1. The van der Waals surface area contributed by atoms with Gasteiger partial charge < -0.3 is 20.4 Å². The molecule has 0 saturated carbocycles. The minimum atomic E-state index is -0.678. The van der Waals surface area contributed by atoms with E-state index < -0.39 is 12.0 Å². The van der Waals surface area contributed by atoms with Gasteiger partial charge in [0.1, 0.15) is 6.04 Å². The lowest BCUT2D eigenvalue weighted by Crippen LogP contribution is -2.42. The number of nitrogens with zero attached hydrogens (tertiary/aromatic N) is 1. The zero-order chi connectivity index (χ0) is 22.9. The van der Waals surface area contributed by atoms with Crippen molar-refractivity contribution in [1.82, 2.24) is 15.3 Å². The molecule has 1 unspecified atom stereocenters. The third kappa shape index (κ3) is 8.13. The Morgan fingerprint density at radius 3 is 2.71 bits per heavy atom. The molecule has 0 aliphatic carbocycles. The number of anilines is 1. The molecule has 8 heteroatoms. The SMILES string of the molecule is COC(=O)C(CCSC)NC(=O)c1ccc(NCc2cnc[nH]2)cc1/C=C\C(C)(C)C. The molecule has 1 heterocycles. The van der Waals surface area contributed by atoms with Gasteiger partial charge in [-0.1, -0.05) is 32.9 Å². The lowest BCUT2D eigenvalue weighted by Gasteiger charge is -2.18. The van der Waals surface area contributed by atoms with Crippen LogP contribution in [0.1, 0.15) is 48.8 Å². The number of allylic oxidation sites excluding steroid dienone is 1. The van der Waals surface area contributed by atoms with Crippen LogP contribution in [0.25, 0.3) is 6.08 Å². The molecule has 0 aliphatic heterocycles. The second-order valence-electron chi connectivity index (χ2n) is 8.26. The van der Waals surface area contributed by atoms with E-state index in [2.05, 4.69) is 47.4 Å². The molecule has 1 aromatic carbocycles. The van der Waals surface area contributed by atoms with E-state index in [9.17, 15) is 9.59 Å². The van der Waals surface area contributed by atoms with Crippen LogP contribution in [0.4, 0.5) is 5.69 Å². The van der Waals surface area contributed by atoms with Crippen LogP contribution in [0.3, 0.4) is 0 Å². The van der Waals surface area contributed by atoms with Crippen LogP contribution in [-0.4, -0.2) is 47.0 Å². The van der Waals surface area contributed by atoms with Crippen molar-refractivity contribution in [2.24, 2.45) is 5.41 Å². The van der Waals surface area contributed by atoms with E-state index in [1.165, 1.54) is 7.11 Å². The van der Waals surface area contributed by atoms with E-state index in [4.69, 9.17) is 4.74 Å². The van der Waals surface area contributed by atoms with E-state index in [-0.39, 0.29) is 11.3 Å². The number of rotatable bonds is 10. The summed E-state index contributed by atoms with van der Waals surface area (Å²) in [7, 11) is 1.33. The van der Waals surface area contributed by atoms with Crippen molar-refractivity contribution in [2.45, 2.75) is 39.8 Å². The third-order valence-electron chi connectivity index (χ3n) is 4.50. The number of carbonyl (C=O) groups excluding carboxylic acids is 2. The van der Waals surface area contributed by atoms with Crippen LogP contribution in [0.2, 0.25) is 0 Å². The molecule has 7 nitrogen and oxygen atoms in total. The predicted molar refractivity (Wildman–Crippen MR) is 127 cm³/mol. The maximum atomic E-state index is 13.0. The molecule has 1 atom stereocenters. The highest BCUT2D eigenvalue weighted by molar-refractivity contribution is 7.98. The molecule has 0 bridgehead atoms. The molecule has 0 saturated heterocycles. The largest absolute Gasteiger partial charge is 0.467 e. The molecule has 2 aromatic rings. The summed E-state index contributed by atoms with van der Waals surface area (Å²) in [5.74, 6) is 0.00465. The Hall–Kier alpha value is -2.74. The first-order valence-electron chi connectivity index (χ1n) is 10.2. The van der Waals surface area contributed by atoms with E-state index in [0.717, 1.165) is 22.7 Å². The number of ether oxygens (including phenoxy) is 1. The maximum absolute atomic E-state index is 13.0. The van der Waals surface area contributed by atoms with Gasteiger partial charge in [0.25, 0.3) is 5.91 Å². The van der Waals surface area contributed by atoms with E-state index in [0.29, 0.717) is 18.5 Å². The first-order valence-corrected chi connectivity index (χ1v) is 11.5.